The van der Waals surface area contributed by atoms with Gasteiger partial charge >= 0.3 is 0 Å². The highest BCUT2D eigenvalue weighted by Crippen LogP contribution is 2.50. The van der Waals surface area contributed by atoms with Crippen molar-refractivity contribution in [1.82, 2.24) is 0 Å². The van der Waals surface area contributed by atoms with Crippen molar-refractivity contribution in [3.8, 4) is 22.8 Å². The Morgan fingerprint density at radius 2 is 1.70 bits per heavy atom. The molecule has 110 valence electrons. The number of nitriles is 3. The lowest BCUT2D eigenvalue weighted by molar-refractivity contribution is 0.506. The molecule has 8 heteroatoms. The van der Waals surface area contributed by atoms with Gasteiger partial charge in [0.15, 0.2) is 5.75 Å². The molecule has 0 amide bonds. The number of hydrogen-bond acceptors (Lipinski definition) is 8. The molecule has 0 fully saturated rings. The zero-order valence-electron chi connectivity index (χ0n) is 11.4. The summed E-state index contributed by atoms with van der Waals surface area (Å²) in [5.41, 5.74) is 1.58. The summed E-state index contributed by atoms with van der Waals surface area (Å²) in [6.45, 7) is 0. The number of nitrogens with one attached hydrogen (secondary N) is 1. The first kappa shape index (κ1) is 15.5. The summed E-state index contributed by atoms with van der Waals surface area (Å²) >= 11 is 3.62. The van der Waals surface area contributed by atoms with E-state index in [1.807, 2.05) is 29.7 Å². The summed E-state index contributed by atoms with van der Waals surface area (Å²) in [7, 11) is 0. The van der Waals surface area contributed by atoms with Gasteiger partial charge < -0.3 is 10.1 Å². The van der Waals surface area contributed by atoms with Crippen LogP contribution in [0.2, 0.25) is 0 Å². The van der Waals surface area contributed by atoms with E-state index in [0.29, 0.717) is 16.3 Å². The zero-order valence-corrected chi connectivity index (χ0v) is 13.8. The van der Waals surface area contributed by atoms with E-state index in [4.69, 9.17) is 20.5 Å². The van der Waals surface area contributed by atoms with E-state index in [1.54, 1.807) is 12.3 Å². The molecule has 2 aromatic rings. The van der Waals surface area contributed by atoms with Crippen molar-refractivity contribution in [2.45, 2.75) is 19.6 Å². The summed E-state index contributed by atoms with van der Waals surface area (Å²) in [6, 6.07) is 9.21. The minimum atomic E-state index is 0.386. The number of thiocyanates is 2. The van der Waals surface area contributed by atoms with Crippen molar-refractivity contribution in [2.75, 3.05) is 5.32 Å². The highest BCUT2D eigenvalue weighted by Gasteiger charge is 2.21. The lowest BCUT2D eigenvalue weighted by atomic mass is 10.2. The Kier molecular flexibility index (Phi) is 4.55. The summed E-state index contributed by atoms with van der Waals surface area (Å²) in [5.74, 6) is 0.386. The first-order valence-electron chi connectivity index (χ1n) is 6.20. The molecule has 5 nitrogen and oxygen atoms in total. The van der Waals surface area contributed by atoms with Crippen LogP contribution in [-0.4, -0.2) is 0 Å². The monoisotopic (exact) mass is 354 g/mol. The van der Waals surface area contributed by atoms with Gasteiger partial charge in [0, 0.05) is 19.6 Å². The number of thioether (sulfide) groups is 2. The highest BCUT2D eigenvalue weighted by molar-refractivity contribution is 8.04. The summed E-state index contributed by atoms with van der Waals surface area (Å²) in [6.07, 6.45) is 1.67. The molecule has 1 N–H and O–H groups in total. The molecule has 23 heavy (non-hydrogen) atoms. The second-order valence-corrected chi connectivity index (χ2v) is 7.06. The number of nitrogens with zero attached hydrogens (tertiary/aromatic N) is 3. The van der Waals surface area contributed by atoms with Gasteiger partial charge in [0.05, 0.1) is 11.4 Å². The van der Waals surface area contributed by atoms with Gasteiger partial charge in [0.1, 0.15) is 10.8 Å². The molecule has 0 aliphatic carbocycles. The summed E-state index contributed by atoms with van der Waals surface area (Å²) < 4.78 is 5.03. The van der Waals surface area contributed by atoms with Crippen LogP contribution < -0.4 is 10.1 Å². The molecule has 0 saturated heterocycles. The molecule has 0 spiro atoms. The van der Waals surface area contributed by atoms with Gasteiger partial charge in [-0.2, -0.15) is 10.5 Å². The van der Waals surface area contributed by atoms with E-state index >= 15 is 0 Å². The van der Waals surface area contributed by atoms with Gasteiger partial charge in [-0.05, 0) is 53.9 Å². The van der Waals surface area contributed by atoms with Crippen molar-refractivity contribution in [3.63, 3.8) is 0 Å². The van der Waals surface area contributed by atoms with Crippen LogP contribution >= 0.6 is 35.3 Å². The fourth-order valence-corrected chi connectivity index (χ4v) is 4.18. The molecule has 0 saturated carbocycles. The fraction of sp³-hybridized carbons (Fsp3) is 0. The van der Waals surface area contributed by atoms with Gasteiger partial charge in [-0.3, -0.25) is 0 Å². The zero-order chi connectivity index (χ0) is 16.2. The fourth-order valence-electron chi connectivity index (χ4n) is 2.07. The van der Waals surface area contributed by atoms with Crippen molar-refractivity contribution < 1.29 is 4.74 Å². The molecule has 0 atom stereocenters. The third-order valence-electron chi connectivity index (χ3n) is 2.95. The smallest absolute Gasteiger partial charge is 0.292 e. The Morgan fingerprint density at radius 1 is 0.957 bits per heavy atom. The predicted molar refractivity (Wildman–Crippen MR) is 89.5 cm³/mol. The van der Waals surface area contributed by atoms with Crippen LogP contribution in [-0.2, 0) is 0 Å². The lowest BCUT2D eigenvalue weighted by Gasteiger charge is -2.23. The van der Waals surface area contributed by atoms with Crippen LogP contribution in [0.4, 0.5) is 11.4 Å². The second kappa shape index (κ2) is 6.76. The predicted octanol–water partition coefficient (Wildman–Crippen LogP) is 4.90. The number of fused-ring (bicyclic) bond motifs is 2. The molecular weight excluding hydrogens is 348 g/mol. The molecular formula is C15H6N4OS3. The Labute approximate surface area is 145 Å². The van der Waals surface area contributed by atoms with E-state index in [-0.39, 0.29) is 0 Å². The molecule has 1 aliphatic heterocycles. The molecule has 2 aromatic carbocycles. The van der Waals surface area contributed by atoms with Gasteiger partial charge in [-0.25, -0.2) is 0 Å². The van der Waals surface area contributed by atoms with E-state index in [2.05, 4.69) is 10.7 Å². The molecule has 0 bridgehead atoms. The van der Waals surface area contributed by atoms with Crippen molar-refractivity contribution in [3.05, 3.63) is 30.3 Å². The maximum atomic E-state index is 8.85. The standard InChI is InChI=1S/C15H6N4OS3/c16-6-20-12-3-10(22-8-18)5-14-15(12)19-11-2-1-9(21-7-17)4-13(11)23-14/h1-5,19H. The van der Waals surface area contributed by atoms with E-state index < -0.39 is 0 Å². The number of hydrogen-bond donors (Lipinski definition) is 1. The quantitative estimate of drug-likeness (QED) is 0.524. The van der Waals surface area contributed by atoms with Gasteiger partial charge in [-0.1, -0.05) is 11.8 Å². The SMILES string of the molecule is N#COc1cc(SC#N)cc2c1Nc1ccc(SC#N)cc1S2. The largest absolute Gasteiger partial charge is 0.386 e. The van der Waals surface area contributed by atoms with Crippen LogP contribution in [0, 0.1) is 32.8 Å². The molecule has 3 rings (SSSR count). The number of anilines is 2. The van der Waals surface area contributed by atoms with Crippen LogP contribution in [0.15, 0.2) is 49.9 Å². The average molecular weight is 354 g/mol. The van der Waals surface area contributed by atoms with Gasteiger partial charge in [0.25, 0.3) is 6.26 Å². The molecule has 1 aliphatic rings. The summed E-state index contributed by atoms with van der Waals surface area (Å²) in [5, 5.41) is 33.8. The highest BCUT2D eigenvalue weighted by atomic mass is 32.2. The third kappa shape index (κ3) is 3.18. The molecule has 0 radical (unpaired) electrons. The number of ether oxygens (including phenoxy) is 1. The van der Waals surface area contributed by atoms with Crippen LogP contribution in [0.5, 0.6) is 5.75 Å². The van der Waals surface area contributed by atoms with Crippen LogP contribution in [0.1, 0.15) is 0 Å². The Balaban J connectivity index is 2.04. The van der Waals surface area contributed by atoms with Crippen molar-refractivity contribution in [2.24, 2.45) is 0 Å². The van der Waals surface area contributed by atoms with Crippen LogP contribution in [0.25, 0.3) is 0 Å². The van der Waals surface area contributed by atoms with Crippen LogP contribution in [0.3, 0.4) is 0 Å². The second-order valence-electron chi connectivity index (χ2n) is 4.26. The van der Waals surface area contributed by atoms with Crippen molar-refractivity contribution >= 4 is 46.7 Å². The Bertz CT molecular complexity index is 909. The number of rotatable bonds is 3. The average Bonchev–Trinajstić information content (AvgIpc) is 2.54. The number of benzene rings is 2. The molecule has 1 heterocycles. The Morgan fingerprint density at radius 3 is 2.43 bits per heavy atom. The van der Waals surface area contributed by atoms with E-state index in [0.717, 1.165) is 43.9 Å². The van der Waals surface area contributed by atoms with E-state index in [9.17, 15) is 0 Å². The van der Waals surface area contributed by atoms with Gasteiger partial charge in [-0.15, -0.1) is 5.26 Å². The normalized spacial score (nSPS) is 11.0. The van der Waals surface area contributed by atoms with Gasteiger partial charge in [0.2, 0.25) is 0 Å². The first-order valence-corrected chi connectivity index (χ1v) is 8.65. The minimum Gasteiger partial charge on any atom is -0.386 e. The lowest BCUT2D eigenvalue weighted by Crippen LogP contribution is -2.02. The first-order chi connectivity index (χ1) is 11.2. The molecule has 0 unspecified atom stereocenters. The third-order valence-corrected chi connectivity index (χ3v) is 5.20. The maximum Gasteiger partial charge on any atom is 0.292 e. The summed E-state index contributed by atoms with van der Waals surface area (Å²) in [4.78, 5) is 3.40. The minimum absolute atomic E-state index is 0.386. The topological polar surface area (TPSA) is 92.6 Å². The van der Waals surface area contributed by atoms with E-state index in [1.165, 1.54) is 11.8 Å². The molecule has 0 aromatic heterocycles. The maximum absolute atomic E-state index is 8.85. The Hall–Kier alpha value is -2.44. The van der Waals surface area contributed by atoms with Crippen molar-refractivity contribution in [1.29, 1.82) is 15.8 Å².